The summed E-state index contributed by atoms with van der Waals surface area (Å²) in [6.45, 7) is 5.91. The molecular weight excluding hydrogens is 114 g/mol. The molecular formula is C7H15NO. The average molecular weight is 129 g/mol. The lowest BCUT2D eigenvalue weighted by Gasteiger charge is -2.08. The first kappa shape index (κ1) is 8.47. The van der Waals surface area contributed by atoms with E-state index >= 15 is 0 Å². The molecule has 0 heterocycles. The molecule has 2 heteroatoms. The van der Waals surface area contributed by atoms with Crippen LogP contribution in [0, 0.1) is 5.41 Å². The van der Waals surface area contributed by atoms with E-state index in [4.69, 9.17) is 10.1 Å². The van der Waals surface area contributed by atoms with Crippen molar-refractivity contribution in [1.29, 1.82) is 5.41 Å². The van der Waals surface area contributed by atoms with Gasteiger partial charge in [-0.1, -0.05) is 6.92 Å². The van der Waals surface area contributed by atoms with E-state index in [0.29, 0.717) is 5.90 Å². The lowest BCUT2D eigenvalue weighted by molar-refractivity contribution is 0.219. The van der Waals surface area contributed by atoms with Crippen LogP contribution < -0.4 is 0 Å². The van der Waals surface area contributed by atoms with Crippen LogP contribution in [-0.4, -0.2) is 12.0 Å². The highest BCUT2D eigenvalue weighted by molar-refractivity contribution is 5.72. The molecule has 54 valence electrons. The molecule has 0 aliphatic heterocycles. The second kappa shape index (κ2) is 4.36. The number of rotatable bonds is 3. The summed E-state index contributed by atoms with van der Waals surface area (Å²) >= 11 is 0. The smallest absolute Gasteiger partial charge is 0.180 e. The van der Waals surface area contributed by atoms with Gasteiger partial charge in [0.1, 0.15) is 0 Å². The molecule has 0 radical (unpaired) electrons. The van der Waals surface area contributed by atoms with E-state index in [1.165, 1.54) is 0 Å². The summed E-state index contributed by atoms with van der Waals surface area (Å²) in [6, 6.07) is 0. The maximum absolute atomic E-state index is 7.20. The maximum Gasteiger partial charge on any atom is 0.180 e. The van der Waals surface area contributed by atoms with Crippen molar-refractivity contribution in [3.8, 4) is 0 Å². The van der Waals surface area contributed by atoms with E-state index < -0.39 is 0 Å². The normalized spacial score (nSPS) is 9.78. The highest BCUT2D eigenvalue weighted by Gasteiger charge is 1.97. The van der Waals surface area contributed by atoms with Crippen LogP contribution >= 0.6 is 0 Å². The molecule has 0 atom stereocenters. The summed E-state index contributed by atoms with van der Waals surface area (Å²) in [6.07, 6.45) is 1.91. The van der Waals surface area contributed by atoms with Gasteiger partial charge in [0.2, 0.25) is 0 Å². The predicted molar refractivity (Wildman–Crippen MR) is 38.9 cm³/mol. The van der Waals surface area contributed by atoms with Crippen LogP contribution in [-0.2, 0) is 4.74 Å². The monoisotopic (exact) mass is 129 g/mol. The van der Waals surface area contributed by atoms with Crippen LogP contribution in [0.4, 0.5) is 0 Å². The van der Waals surface area contributed by atoms with Gasteiger partial charge < -0.3 is 4.74 Å². The van der Waals surface area contributed by atoms with E-state index in [1.54, 1.807) is 0 Å². The highest BCUT2D eigenvalue weighted by Crippen LogP contribution is 1.95. The third-order valence-electron chi connectivity index (χ3n) is 0.855. The summed E-state index contributed by atoms with van der Waals surface area (Å²) < 4.78 is 5.07. The highest BCUT2D eigenvalue weighted by atomic mass is 16.5. The molecule has 0 fully saturated rings. The van der Waals surface area contributed by atoms with Gasteiger partial charge >= 0.3 is 0 Å². The van der Waals surface area contributed by atoms with Crippen LogP contribution in [0.1, 0.15) is 33.6 Å². The van der Waals surface area contributed by atoms with Gasteiger partial charge in [-0.2, -0.15) is 0 Å². The summed E-state index contributed by atoms with van der Waals surface area (Å²) in [4.78, 5) is 0. The van der Waals surface area contributed by atoms with Gasteiger partial charge in [0.25, 0.3) is 0 Å². The zero-order chi connectivity index (χ0) is 7.28. The first-order chi connectivity index (χ1) is 4.16. The Hall–Kier alpha value is -0.530. The topological polar surface area (TPSA) is 33.1 Å². The van der Waals surface area contributed by atoms with Crippen LogP contribution in [0.3, 0.4) is 0 Å². The Labute approximate surface area is 56.7 Å². The van der Waals surface area contributed by atoms with Crippen molar-refractivity contribution in [2.75, 3.05) is 0 Å². The molecule has 0 aliphatic rings. The van der Waals surface area contributed by atoms with E-state index in [1.807, 2.05) is 20.8 Å². The fraction of sp³-hybridized carbons (Fsp3) is 0.857. The van der Waals surface area contributed by atoms with Crippen molar-refractivity contribution in [3.63, 3.8) is 0 Å². The quantitative estimate of drug-likeness (QED) is 0.460. The minimum Gasteiger partial charge on any atom is -0.478 e. The lowest BCUT2D eigenvalue weighted by atomic mass is 10.3. The summed E-state index contributed by atoms with van der Waals surface area (Å²) in [5.41, 5.74) is 0. The average Bonchev–Trinajstić information content (AvgIpc) is 1.63. The molecule has 0 aliphatic carbocycles. The van der Waals surface area contributed by atoms with Crippen LogP contribution in [0.25, 0.3) is 0 Å². The zero-order valence-electron chi connectivity index (χ0n) is 6.40. The van der Waals surface area contributed by atoms with Crippen molar-refractivity contribution in [1.82, 2.24) is 0 Å². The van der Waals surface area contributed by atoms with Crippen molar-refractivity contribution >= 4 is 5.90 Å². The molecule has 2 nitrogen and oxygen atoms in total. The fourth-order valence-corrected chi connectivity index (χ4v) is 0.571. The third kappa shape index (κ3) is 5.34. The van der Waals surface area contributed by atoms with Gasteiger partial charge in [-0.15, -0.1) is 0 Å². The number of hydrogen-bond donors (Lipinski definition) is 1. The summed E-state index contributed by atoms with van der Waals surface area (Å²) in [5, 5.41) is 7.20. The molecule has 0 rings (SSSR count). The van der Waals surface area contributed by atoms with Crippen LogP contribution in [0.5, 0.6) is 0 Å². The summed E-state index contributed by atoms with van der Waals surface area (Å²) in [7, 11) is 0. The molecule has 0 saturated heterocycles. The van der Waals surface area contributed by atoms with E-state index in [9.17, 15) is 0 Å². The van der Waals surface area contributed by atoms with Gasteiger partial charge in [-0.25, -0.2) is 0 Å². The fourth-order valence-electron chi connectivity index (χ4n) is 0.571. The van der Waals surface area contributed by atoms with Gasteiger partial charge in [-0.05, 0) is 20.3 Å². The molecule has 0 aromatic heterocycles. The molecule has 0 aromatic carbocycles. The molecule has 0 spiro atoms. The molecule has 0 saturated carbocycles. The Kier molecular flexibility index (Phi) is 4.10. The van der Waals surface area contributed by atoms with Gasteiger partial charge in [0, 0.05) is 6.42 Å². The summed E-state index contributed by atoms with van der Waals surface area (Å²) in [5.74, 6) is 0.410. The van der Waals surface area contributed by atoms with Gasteiger partial charge in [0.15, 0.2) is 5.90 Å². The Balaban J connectivity index is 3.27. The van der Waals surface area contributed by atoms with Gasteiger partial charge in [-0.3, -0.25) is 5.41 Å². The Morgan fingerprint density at radius 2 is 2.11 bits per heavy atom. The molecule has 0 unspecified atom stereocenters. The first-order valence-electron chi connectivity index (χ1n) is 3.41. The van der Waals surface area contributed by atoms with Crippen LogP contribution in [0.15, 0.2) is 0 Å². The molecule has 9 heavy (non-hydrogen) atoms. The second-order valence-electron chi connectivity index (χ2n) is 2.34. The van der Waals surface area contributed by atoms with E-state index in [0.717, 1.165) is 12.8 Å². The molecule has 1 N–H and O–H groups in total. The Bertz CT molecular complexity index is 88.9. The number of ether oxygens (including phenoxy) is 1. The predicted octanol–water partition coefficient (Wildman–Crippen LogP) is 2.19. The van der Waals surface area contributed by atoms with E-state index in [2.05, 4.69) is 0 Å². The molecule has 0 aromatic rings. The van der Waals surface area contributed by atoms with Crippen LogP contribution in [0.2, 0.25) is 0 Å². The SMILES string of the molecule is CCCC(=N)OC(C)C. The van der Waals surface area contributed by atoms with Gasteiger partial charge in [0.05, 0.1) is 6.10 Å². The third-order valence-corrected chi connectivity index (χ3v) is 0.855. The number of hydrogen-bond acceptors (Lipinski definition) is 2. The minimum absolute atomic E-state index is 0.157. The first-order valence-corrected chi connectivity index (χ1v) is 3.41. The van der Waals surface area contributed by atoms with Crippen molar-refractivity contribution in [3.05, 3.63) is 0 Å². The van der Waals surface area contributed by atoms with Crippen molar-refractivity contribution in [2.24, 2.45) is 0 Å². The lowest BCUT2D eigenvalue weighted by Crippen LogP contribution is -2.09. The molecule has 0 amide bonds. The van der Waals surface area contributed by atoms with Crippen molar-refractivity contribution in [2.45, 2.75) is 39.7 Å². The number of nitrogens with one attached hydrogen (secondary N) is 1. The van der Waals surface area contributed by atoms with E-state index in [-0.39, 0.29) is 6.10 Å². The van der Waals surface area contributed by atoms with Crippen molar-refractivity contribution < 1.29 is 4.74 Å². The maximum atomic E-state index is 7.20. The largest absolute Gasteiger partial charge is 0.478 e. The Morgan fingerprint density at radius 3 is 2.44 bits per heavy atom. The minimum atomic E-state index is 0.157. The zero-order valence-corrected chi connectivity index (χ0v) is 6.40. The Morgan fingerprint density at radius 1 is 1.56 bits per heavy atom. The standard InChI is InChI=1S/C7H15NO/c1-4-5-7(8)9-6(2)3/h6,8H,4-5H2,1-3H3. The molecule has 0 bridgehead atoms. The second-order valence-corrected chi connectivity index (χ2v) is 2.34.